The number of ether oxygens (including phenoxy) is 1. The van der Waals surface area contributed by atoms with Gasteiger partial charge in [-0.2, -0.15) is 5.26 Å². The van der Waals surface area contributed by atoms with Crippen molar-refractivity contribution in [2.24, 2.45) is 0 Å². The number of para-hydroxylation sites is 1. The fourth-order valence-electron chi connectivity index (χ4n) is 3.74. The fraction of sp³-hybridized carbons (Fsp3) is 0.0800. The molecule has 2 N–H and O–H groups in total. The normalized spacial score (nSPS) is 11.4. The lowest BCUT2D eigenvalue weighted by Gasteiger charge is -2.12. The summed E-state index contributed by atoms with van der Waals surface area (Å²) in [4.78, 5) is 12.1. The summed E-state index contributed by atoms with van der Waals surface area (Å²) in [6.07, 6.45) is 1.57. The van der Waals surface area contributed by atoms with Gasteiger partial charge in [-0.05, 0) is 49.4 Å². The van der Waals surface area contributed by atoms with E-state index in [0.717, 1.165) is 10.9 Å². The Kier molecular flexibility index (Phi) is 5.36. The van der Waals surface area contributed by atoms with E-state index in [1.54, 1.807) is 54.7 Å². The Hall–Kier alpha value is -4.42. The molecule has 0 unspecified atom stereocenters. The summed E-state index contributed by atoms with van der Waals surface area (Å²) >= 11 is 0. The first kappa shape index (κ1) is 21.4. The van der Waals surface area contributed by atoms with Crippen LogP contribution in [0.3, 0.4) is 0 Å². The van der Waals surface area contributed by atoms with Gasteiger partial charge in [0, 0.05) is 17.1 Å². The average molecular weight is 470 g/mol. The van der Waals surface area contributed by atoms with Crippen LogP contribution in [0.15, 0.2) is 77.8 Å². The first-order chi connectivity index (χ1) is 16.4. The van der Waals surface area contributed by atoms with Crippen LogP contribution in [0.5, 0.6) is 5.75 Å². The Labute approximate surface area is 195 Å². The summed E-state index contributed by atoms with van der Waals surface area (Å²) in [7, 11) is -3.88. The summed E-state index contributed by atoms with van der Waals surface area (Å²) in [6, 6.07) is 21.1. The second kappa shape index (κ2) is 8.50. The van der Waals surface area contributed by atoms with Gasteiger partial charge in [0.15, 0.2) is 0 Å². The van der Waals surface area contributed by atoms with E-state index in [2.05, 4.69) is 25.7 Å². The van der Waals surface area contributed by atoms with E-state index >= 15 is 0 Å². The largest absolute Gasteiger partial charge is 0.486 e. The number of aromatic amines is 1. The maximum absolute atomic E-state index is 13.2. The Morgan fingerprint density at radius 2 is 1.88 bits per heavy atom. The van der Waals surface area contributed by atoms with Crippen LogP contribution in [-0.4, -0.2) is 23.4 Å². The van der Waals surface area contributed by atoms with Crippen LogP contribution in [0, 0.1) is 18.3 Å². The number of H-pyrrole nitrogens is 1. The van der Waals surface area contributed by atoms with E-state index in [4.69, 9.17) is 10.00 Å². The number of fused-ring (bicyclic) bond motifs is 2. The number of hydrogen-bond donors (Lipinski definition) is 2. The van der Waals surface area contributed by atoms with Crippen LogP contribution in [0.25, 0.3) is 21.9 Å². The Bertz CT molecular complexity index is 1680. The van der Waals surface area contributed by atoms with E-state index < -0.39 is 10.0 Å². The zero-order valence-corrected chi connectivity index (χ0v) is 18.9. The third-order valence-corrected chi connectivity index (χ3v) is 6.82. The highest BCUT2D eigenvalue weighted by Crippen LogP contribution is 2.28. The molecule has 8 nitrogen and oxygen atoms in total. The van der Waals surface area contributed by atoms with Crippen molar-refractivity contribution in [2.75, 3.05) is 4.72 Å². The lowest BCUT2D eigenvalue weighted by Crippen LogP contribution is -2.14. The first-order valence-electron chi connectivity index (χ1n) is 10.4. The Morgan fingerprint density at radius 1 is 1.06 bits per heavy atom. The number of nitrogens with one attached hydrogen (secondary N) is 2. The quantitative estimate of drug-likeness (QED) is 0.373. The van der Waals surface area contributed by atoms with Gasteiger partial charge in [-0.3, -0.25) is 9.71 Å². The van der Waals surface area contributed by atoms with Gasteiger partial charge in [0.05, 0.1) is 33.9 Å². The highest BCUT2D eigenvalue weighted by molar-refractivity contribution is 7.93. The number of pyridine rings is 1. The molecule has 3 aromatic carbocycles. The molecule has 0 radical (unpaired) electrons. The summed E-state index contributed by atoms with van der Waals surface area (Å²) in [5.74, 6) is 1.15. The molecule has 0 spiro atoms. The second-order valence-corrected chi connectivity index (χ2v) is 9.33. The number of anilines is 1. The molecule has 0 saturated heterocycles. The molecule has 0 aliphatic carbocycles. The smallest absolute Gasteiger partial charge is 0.264 e. The van der Waals surface area contributed by atoms with Crippen molar-refractivity contribution < 1.29 is 13.2 Å². The summed E-state index contributed by atoms with van der Waals surface area (Å²) < 4.78 is 34.8. The van der Waals surface area contributed by atoms with Crippen LogP contribution >= 0.6 is 0 Å². The molecule has 0 aliphatic heterocycles. The molecule has 2 heterocycles. The predicted octanol–water partition coefficient (Wildman–Crippen LogP) is 4.67. The number of imidazole rings is 1. The molecule has 0 amide bonds. The maximum Gasteiger partial charge on any atom is 0.264 e. The van der Waals surface area contributed by atoms with E-state index in [0.29, 0.717) is 39.4 Å². The number of nitriles is 1. The van der Waals surface area contributed by atoms with Gasteiger partial charge >= 0.3 is 0 Å². The van der Waals surface area contributed by atoms with E-state index in [1.807, 2.05) is 19.1 Å². The number of nitrogens with zero attached hydrogens (tertiary/aromatic N) is 3. The number of rotatable bonds is 6. The lowest BCUT2D eigenvalue weighted by molar-refractivity contribution is 0.297. The predicted molar refractivity (Wildman–Crippen MR) is 129 cm³/mol. The zero-order valence-electron chi connectivity index (χ0n) is 18.1. The monoisotopic (exact) mass is 469 g/mol. The van der Waals surface area contributed by atoms with Gasteiger partial charge in [-0.15, -0.1) is 0 Å². The Morgan fingerprint density at radius 3 is 2.74 bits per heavy atom. The summed E-state index contributed by atoms with van der Waals surface area (Å²) in [5, 5.41) is 9.77. The van der Waals surface area contributed by atoms with Crippen LogP contribution < -0.4 is 9.46 Å². The molecule has 34 heavy (non-hydrogen) atoms. The van der Waals surface area contributed by atoms with Crippen LogP contribution in [0.2, 0.25) is 0 Å². The third kappa shape index (κ3) is 4.02. The van der Waals surface area contributed by atoms with Gasteiger partial charge in [-0.1, -0.05) is 24.3 Å². The minimum absolute atomic E-state index is 0.112. The average Bonchev–Trinajstić information content (AvgIpc) is 3.28. The van der Waals surface area contributed by atoms with Gasteiger partial charge in [0.25, 0.3) is 10.0 Å². The number of sulfonamides is 1. The number of benzene rings is 3. The van der Waals surface area contributed by atoms with Crippen molar-refractivity contribution in [1.82, 2.24) is 15.0 Å². The molecular weight excluding hydrogens is 450 g/mol. The first-order valence-corrected chi connectivity index (χ1v) is 11.9. The second-order valence-electron chi connectivity index (χ2n) is 7.68. The summed E-state index contributed by atoms with van der Waals surface area (Å²) in [6.45, 7) is 1.98. The zero-order chi connectivity index (χ0) is 23.7. The molecule has 0 fully saturated rings. The van der Waals surface area contributed by atoms with Crippen molar-refractivity contribution in [1.29, 1.82) is 5.26 Å². The topological polar surface area (TPSA) is 121 Å². The van der Waals surface area contributed by atoms with Gasteiger partial charge in [-0.25, -0.2) is 13.4 Å². The minimum atomic E-state index is -3.88. The van der Waals surface area contributed by atoms with Gasteiger partial charge in [0.1, 0.15) is 23.1 Å². The highest BCUT2D eigenvalue weighted by Gasteiger charge is 2.20. The fourth-order valence-corrected chi connectivity index (χ4v) is 5.05. The molecule has 0 bridgehead atoms. The molecule has 5 rings (SSSR count). The molecule has 0 saturated carbocycles. The van der Waals surface area contributed by atoms with Crippen LogP contribution in [-0.2, 0) is 16.6 Å². The number of aromatic nitrogens is 3. The van der Waals surface area contributed by atoms with Gasteiger partial charge in [0.2, 0.25) is 0 Å². The third-order valence-electron chi connectivity index (χ3n) is 5.42. The minimum Gasteiger partial charge on any atom is -0.486 e. The number of hydrogen-bond acceptors (Lipinski definition) is 6. The van der Waals surface area contributed by atoms with Crippen molar-refractivity contribution in [3.8, 4) is 11.8 Å². The lowest BCUT2D eigenvalue weighted by atomic mass is 10.2. The standard InChI is InChI=1S/C25H19N5O3S/c1-16-20(30-34(31,32)22-9-3-6-18-7-4-12-27-25(18)22)10-11-21-24(16)29-23(28-21)15-33-19-8-2-5-17(13-19)14-26/h2-13,30H,15H2,1H3,(H,28,29). The molecular formula is C25H19N5O3S. The van der Waals surface area contributed by atoms with E-state index in [9.17, 15) is 8.42 Å². The summed E-state index contributed by atoms with van der Waals surface area (Å²) in [5.41, 5.74) is 3.44. The Balaban J connectivity index is 1.42. The molecule has 168 valence electrons. The van der Waals surface area contributed by atoms with Crippen LogP contribution in [0.1, 0.15) is 17.0 Å². The van der Waals surface area contributed by atoms with Crippen molar-refractivity contribution in [3.63, 3.8) is 0 Å². The molecule has 0 atom stereocenters. The van der Waals surface area contributed by atoms with Crippen LogP contribution in [0.4, 0.5) is 5.69 Å². The van der Waals surface area contributed by atoms with E-state index in [1.165, 1.54) is 6.07 Å². The molecule has 2 aromatic heterocycles. The molecule has 5 aromatic rings. The SMILES string of the molecule is Cc1c(NS(=O)(=O)c2cccc3cccnc23)ccc2[nH]c(COc3cccc(C#N)c3)nc12. The van der Waals surface area contributed by atoms with Crippen molar-refractivity contribution in [3.05, 3.63) is 89.9 Å². The maximum atomic E-state index is 13.2. The van der Waals surface area contributed by atoms with E-state index in [-0.39, 0.29) is 11.5 Å². The molecule has 9 heteroatoms. The van der Waals surface area contributed by atoms with Crippen molar-refractivity contribution >= 4 is 37.6 Å². The number of aryl methyl sites for hydroxylation is 1. The molecule has 0 aliphatic rings. The van der Waals surface area contributed by atoms with Gasteiger partial charge < -0.3 is 9.72 Å². The highest BCUT2D eigenvalue weighted by atomic mass is 32.2. The van der Waals surface area contributed by atoms with Crippen molar-refractivity contribution in [2.45, 2.75) is 18.4 Å².